The Labute approximate surface area is 167 Å². The number of nitrogens with one attached hydrogen (secondary N) is 1. The summed E-state index contributed by atoms with van der Waals surface area (Å²) in [6.07, 6.45) is -0.344. The monoisotopic (exact) mass is 401 g/mol. The fourth-order valence-electron chi connectivity index (χ4n) is 2.57. The minimum absolute atomic E-state index is 0.0116. The van der Waals surface area contributed by atoms with E-state index in [0.29, 0.717) is 0 Å². The fourth-order valence-corrected chi connectivity index (χ4v) is 2.57. The zero-order chi connectivity index (χ0) is 21.9. The van der Waals surface area contributed by atoms with Crippen LogP contribution in [0.15, 0.2) is 12.7 Å². The Kier molecular flexibility index (Phi) is 11.0. The second kappa shape index (κ2) is 12.1. The van der Waals surface area contributed by atoms with Gasteiger partial charge in [-0.15, -0.1) is 6.58 Å². The molecule has 0 aliphatic rings. The first kappa shape index (κ1) is 25.6. The molecule has 9 heteroatoms. The third-order valence-electron chi connectivity index (χ3n) is 4.04. The van der Waals surface area contributed by atoms with Crippen LogP contribution in [0.25, 0.3) is 0 Å². The van der Waals surface area contributed by atoms with Gasteiger partial charge in [-0.25, -0.2) is 24.8 Å². The zero-order valence-corrected chi connectivity index (χ0v) is 18.1. The molecule has 0 fully saturated rings. The maximum atomic E-state index is 12.4. The van der Waals surface area contributed by atoms with Crippen LogP contribution in [0.4, 0.5) is 14.4 Å². The average molecular weight is 402 g/mol. The lowest BCUT2D eigenvalue weighted by molar-refractivity contribution is 0.0241. The smallest absolute Gasteiger partial charge is 0.429 e. The molecule has 0 radical (unpaired) electrons. The van der Waals surface area contributed by atoms with Crippen molar-refractivity contribution >= 4 is 18.3 Å². The van der Waals surface area contributed by atoms with Gasteiger partial charge in [0.15, 0.2) is 0 Å². The standard InChI is InChI=1S/C19H35N3O6/c1-9-19(8,12-13-28-17(24)21(14(4)5)15(6)7)22(18(25)27-11-3)20-16(23)26-10-2/h9,14-15H,1,10-13H2,2-8H3,(H,20,23). The van der Waals surface area contributed by atoms with Crippen molar-refractivity contribution in [1.29, 1.82) is 0 Å². The van der Waals surface area contributed by atoms with E-state index in [0.717, 1.165) is 5.01 Å². The molecule has 0 heterocycles. The number of carbonyl (C=O) groups is 3. The van der Waals surface area contributed by atoms with Gasteiger partial charge in [-0.1, -0.05) is 6.08 Å². The Morgan fingerprint density at radius 3 is 1.96 bits per heavy atom. The molecule has 0 aromatic carbocycles. The molecule has 0 bridgehead atoms. The van der Waals surface area contributed by atoms with E-state index in [1.54, 1.807) is 25.7 Å². The van der Waals surface area contributed by atoms with Crippen molar-refractivity contribution in [3.8, 4) is 0 Å². The average Bonchev–Trinajstić information content (AvgIpc) is 2.59. The van der Waals surface area contributed by atoms with Gasteiger partial charge in [0.2, 0.25) is 0 Å². The number of hydrazine groups is 1. The highest BCUT2D eigenvalue weighted by Gasteiger charge is 2.36. The van der Waals surface area contributed by atoms with Gasteiger partial charge in [0, 0.05) is 18.5 Å². The largest absolute Gasteiger partial charge is 0.449 e. The number of nitrogens with zero attached hydrogens (tertiary/aromatic N) is 2. The van der Waals surface area contributed by atoms with Gasteiger partial charge in [-0.3, -0.25) is 0 Å². The van der Waals surface area contributed by atoms with Crippen LogP contribution in [-0.4, -0.2) is 65.6 Å². The van der Waals surface area contributed by atoms with Crippen LogP contribution in [0.2, 0.25) is 0 Å². The van der Waals surface area contributed by atoms with E-state index in [1.807, 2.05) is 27.7 Å². The van der Waals surface area contributed by atoms with Crippen LogP contribution in [-0.2, 0) is 14.2 Å². The van der Waals surface area contributed by atoms with Crippen LogP contribution >= 0.6 is 0 Å². The van der Waals surface area contributed by atoms with Gasteiger partial charge in [0.25, 0.3) is 0 Å². The van der Waals surface area contributed by atoms with Crippen molar-refractivity contribution in [2.45, 2.75) is 72.5 Å². The summed E-state index contributed by atoms with van der Waals surface area (Å²) in [4.78, 5) is 38.1. The molecule has 0 aliphatic carbocycles. The molecule has 28 heavy (non-hydrogen) atoms. The number of ether oxygens (including phenoxy) is 3. The molecule has 1 N–H and O–H groups in total. The third kappa shape index (κ3) is 7.66. The van der Waals surface area contributed by atoms with Crippen LogP contribution in [0.1, 0.15) is 54.9 Å². The van der Waals surface area contributed by atoms with E-state index < -0.39 is 23.8 Å². The van der Waals surface area contributed by atoms with Crippen molar-refractivity contribution in [3.63, 3.8) is 0 Å². The molecule has 0 aliphatic heterocycles. The lowest BCUT2D eigenvalue weighted by Crippen LogP contribution is -2.58. The predicted octanol–water partition coefficient (Wildman–Crippen LogP) is 3.70. The third-order valence-corrected chi connectivity index (χ3v) is 4.04. The van der Waals surface area contributed by atoms with Gasteiger partial charge < -0.3 is 19.1 Å². The van der Waals surface area contributed by atoms with Crippen molar-refractivity contribution < 1.29 is 28.6 Å². The maximum absolute atomic E-state index is 12.4. The van der Waals surface area contributed by atoms with E-state index in [-0.39, 0.29) is 38.3 Å². The first-order valence-corrected chi connectivity index (χ1v) is 9.53. The highest BCUT2D eigenvalue weighted by molar-refractivity contribution is 5.75. The predicted molar refractivity (Wildman–Crippen MR) is 106 cm³/mol. The van der Waals surface area contributed by atoms with E-state index in [4.69, 9.17) is 14.2 Å². The maximum Gasteiger partial charge on any atom is 0.429 e. The van der Waals surface area contributed by atoms with Crippen LogP contribution in [0.5, 0.6) is 0 Å². The minimum Gasteiger partial charge on any atom is -0.449 e. The van der Waals surface area contributed by atoms with Gasteiger partial charge in [-0.05, 0) is 48.5 Å². The number of rotatable bonds is 9. The molecule has 0 saturated carbocycles. The second-order valence-corrected chi connectivity index (χ2v) is 6.89. The minimum atomic E-state index is -1.07. The zero-order valence-electron chi connectivity index (χ0n) is 18.1. The molecular formula is C19H35N3O6. The molecule has 0 saturated heterocycles. The summed E-state index contributed by atoms with van der Waals surface area (Å²) >= 11 is 0. The normalized spacial score (nSPS) is 12.8. The van der Waals surface area contributed by atoms with Gasteiger partial charge in [0.1, 0.15) is 0 Å². The Morgan fingerprint density at radius 1 is 1.00 bits per heavy atom. The number of hydrogen-bond acceptors (Lipinski definition) is 6. The quantitative estimate of drug-likeness (QED) is 0.359. The summed E-state index contributed by atoms with van der Waals surface area (Å²) < 4.78 is 15.2. The molecule has 0 rings (SSSR count). The van der Waals surface area contributed by atoms with Crippen molar-refractivity contribution in [3.05, 3.63) is 12.7 Å². The van der Waals surface area contributed by atoms with Gasteiger partial charge >= 0.3 is 18.3 Å². The molecule has 162 valence electrons. The highest BCUT2D eigenvalue weighted by atomic mass is 16.6. The Hall–Kier alpha value is -2.45. The molecular weight excluding hydrogens is 366 g/mol. The van der Waals surface area contributed by atoms with Gasteiger partial charge in [-0.2, -0.15) is 0 Å². The van der Waals surface area contributed by atoms with E-state index in [9.17, 15) is 14.4 Å². The molecule has 1 atom stereocenters. The Balaban J connectivity index is 5.23. The molecule has 9 nitrogen and oxygen atoms in total. The lowest BCUT2D eigenvalue weighted by Gasteiger charge is -2.37. The Bertz CT molecular complexity index is 530. The summed E-state index contributed by atoms with van der Waals surface area (Å²) in [5.41, 5.74) is 1.30. The number of hydrogen-bond donors (Lipinski definition) is 1. The SMILES string of the molecule is C=CC(C)(CCOC(=O)N(C(C)C)C(C)C)N(NC(=O)OCC)C(=O)OCC. The lowest BCUT2D eigenvalue weighted by atomic mass is 9.98. The van der Waals surface area contributed by atoms with Crippen LogP contribution in [0, 0.1) is 0 Å². The molecule has 0 spiro atoms. The Morgan fingerprint density at radius 2 is 1.54 bits per heavy atom. The van der Waals surface area contributed by atoms with Gasteiger partial charge in [0.05, 0.1) is 25.4 Å². The second-order valence-electron chi connectivity index (χ2n) is 6.89. The van der Waals surface area contributed by atoms with Crippen LogP contribution in [0.3, 0.4) is 0 Å². The van der Waals surface area contributed by atoms with Crippen molar-refractivity contribution in [1.82, 2.24) is 15.3 Å². The molecule has 1 unspecified atom stereocenters. The van der Waals surface area contributed by atoms with E-state index >= 15 is 0 Å². The number of carbonyl (C=O) groups excluding carboxylic acids is 3. The topological polar surface area (TPSA) is 97.4 Å². The molecule has 0 aromatic heterocycles. The molecule has 0 aromatic rings. The fraction of sp³-hybridized carbons (Fsp3) is 0.737. The van der Waals surface area contributed by atoms with E-state index in [2.05, 4.69) is 12.0 Å². The molecule has 3 amide bonds. The van der Waals surface area contributed by atoms with E-state index in [1.165, 1.54) is 6.08 Å². The summed E-state index contributed by atoms with van der Waals surface area (Å²) in [6, 6.07) is -0.0281. The van der Waals surface area contributed by atoms with Crippen molar-refractivity contribution in [2.24, 2.45) is 0 Å². The first-order valence-electron chi connectivity index (χ1n) is 9.53. The summed E-state index contributed by atoms with van der Waals surface area (Å²) in [5.74, 6) is 0. The first-order chi connectivity index (χ1) is 13.0. The van der Waals surface area contributed by atoms with Crippen molar-refractivity contribution in [2.75, 3.05) is 19.8 Å². The summed E-state index contributed by atoms with van der Waals surface area (Å²) in [5, 5.41) is 0.998. The summed E-state index contributed by atoms with van der Waals surface area (Å²) in [7, 11) is 0. The summed E-state index contributed by atoms with van der Waals surface area (Å²) in [6.45, 7) is 16.6. The van der Waals surface area contributed by atoms with Crippen LogP contribution < -0.4 is 5.43 Å². The number of amides is 3. The highest BCUT2D eigenvalue weighted by Crippen LogP contribution is 2.21.